The molecule has 0 amide bonds. The average molecular weight is 278 g/mol. The molecule has 0 N–H and O–H groups in total. The van der Waals surface area contributed by atoms with Crippen molar-refractivity contribution in [3.05, 3.63) is 48.0 Å². The lowest BCUT2D eigenvalue weighted by Gasteiger charge is -2.30. The molecule has 0 aromatic heterocycles. The minimum Gasteiger partial charge on any atom is -0.132 e. The van der Waals surface area contributed by atoms with Crippen LogP contribution >= 0.6 is 0 Å². The van der Waals surface area contributed by atoms with Gasteiger partial charge < -0.3 is 0 Å². The average Bonchev–Trinajstić information content (AvgIpc) is 2.69. The van der Waals surface area contributed by atoms with E-state index in [9.17, 15) is 5.21 Å². The van der Waals surface area contributed by atoms with Gasteiger partial charge in [0.05, 0.1) is 0 Å². The molecule has 21 heavy (non-hydrogen) atoms. The lowest BCUT2D eigenvalue weighted by molar-refractivity contribution is -0.234. The number of hydrogen-bond donors (Lipinski definition) is 0. The second-order valence-electron chi connectivity index (χ2n) is 6.66. The summed E-state index contributed by atoms with van der Waals surface area (Å²) < 4.78 is 0. The van der Waals surface area contributed by atoms with Crippen molar-refractivity contribution in [3.8, 4) is 11.8 Å². The summed E-state index contributed by atoms with van der Waals surface area (Å²) >= 11 is 0. The van der Waals surface area contributed by atoms with Gasteiger partial charge in [0.15, 0.2) is 0 Å². The van der Waals surface area contributed by atoms with Gasteiger partial charge >= 0.3 is 0 Å². The van der Waals surface area contributed by atoms with Gasteiger partial charge in [-0.25, -0.2) is 0 Å². The largest absolute Gasteiger partial charge is 0.132 e. The molecule has 1 radical (unpaired) electrons. The van der Waals surface area contributed by atoms with Gasteiger partial charge in [-0.2, -0.15) is 0 Å². The Bertz CT molecular complexity index is 733. The summed E-state index contributed by atoms with van der Waals surface area (Å²) in [5.41, 5.74) is 0.0928. The Morgan fingerprint density at radius 1 is 1.00 bits per heavy atom. The highest BCUT2D eigenvalue weighted by atomic mass is 16.5. The third-order valence-corrected chi connectivity index (χ3v) is 4.48. The van der Waals surface area contributed by atoms with Crippen LogP contribution in [-0.4, -0.2) is 16.1 Å². The molecule has 0 saturated carbocycles. The van der Waals surface area contributed by atoms with Gasteiger partial charge in [0, 0.05) is 11.1 Å². The summed E-state index contributed by atoms with van der Waals surface area (Å²) in [6, 6.07) is 14.3. The number of hydrogen-bond acceptors (Lipinski definition) is 1. The fourth-order valence-electron chi connectivity index (χ4n) is 3.07. The maximum Gasteiger partial charge on any atom is 0.108 e. The molecule has 1 fully saturated rings. The predicted octanol–water partition coefficient (Wildman–Crippen LogP) is 4.17. The van der Waals surface area contributed by atoms with Crippen molar-refractivity contribution >= 4 is 10.8 Å². The molecule has 1 aliphatic heterocycles. The Kier molecular flexibility index (Phi) is 3.28. The smallest absolute Gasteiger partial charge is 0.108 e. The lowest BCUT2D eigenvalue weighted by Crippen LogP contribution is -2.45. The molecular formula is C19H20NO. The van der Waals surface area contributed by atoms with Crippen LogP contribution in [0, 0.1) is 11.8 Å². The van der Waals surface area contributed by atoms with Gasteiger partial charge in [-0.15, -0.1) is 10.3 Å². The molecular weight excluding hydrogens is 258 g/mol. The highest BCUT2D eigenvalue weighted by molar-refractivity contribution is 5.88. The van der Waals surface area contributed by atoms with Crippen LogP contribution in [-0.2, 0) is 5.21 Å². The fraction of sp³-hybridized carbons (Fsp3) is 0.368. The van der Waals surface area contributed by atoms with Gasteiger partial charge in [0.25, 0.3) is 0 Å². The SMILES string of the molecule is CC1(C)CCC(C)(C#Cc2cccc3ccccc23)N1[O]. The Labute approximate surface area is 126 Å². The van der Waals surface area contributed by atoms with Crippen molar-refractivity contribution in [2.75, 3.05) is 0 Å². The van der Waals surface area contributed by atoms with Gasteiger partial charge in [-0.1, -0.05) is 48.2 Å². The van der Waals surface area contributed by atoms with E-state index in [1.165, 1.54) is 10.4 Å². The van der Waals surface area contributed by atoms with Crippen molar-refractivity contribution in [2.24, 2.45) is 0 Å². The van der Waals surface area contributed by atoms with Crippen LogP contribution in [0.3, 0.4) is 0 Å². The quantitative estimate of drug-likeness (QED) is 0.663. The van der Waals surface area contributed by atoms with E-state index in [1.807, 2.05) is 45.0 Å². The van der Waals surface area contributed by atoms with Crippen LogP contribution in [0.5, 0.6) is 0 Å². The molecule has 2 aromatic rings. The zero-order valence-corrected chi connectivity index (χ0v) is 12.8. The summed E-state index contributed by atoms with van der Waals surface area (Å²) in [7, 11) is 0. The molecule has 1 atom stereocenters. The molecule has 1 saturated heterocycles. The van der Waals surface area contributed by atoms with E-state index in [0.29, 0.717) is 0 Å². The van der Waals surface area contributed by atoms with Crippen molar-refractivity contribution in [1.82, 2.24) is 5.06 Å². The van der Waals surface area contributed by atoms with Gasteiger partial charge in [0.1, 0.15) is 5.54 Å². The van der Waals surface area contributed by atoms with Gasteiger partial charge in [-0.05, 0) is 50.5 Å². The zero-order valence-electron chi connectivity index (χ0n) is 12.8. The van der Waals surface area contributed by atoms with E-state index in [1.54, 1.807) is 0 Å². The van der Waals surface area contributed by atoms with E-state index < -0.39 is 5.54 Å². The maximum atomic E-state index is 12.4. The maximum absolute atomic E-state index is 12.4. The lowest BCUT2D eigenvalue weighted by atomic mass is 9.98. The molecule has 2 heteroatoms. The second-order valence-corrected chi connectivity index (χ2v) is 6.66. The summed E-state index contributed by atoms with van der Waals surface area (Å²) in [5.74, 6) is 6.48. The Morgan fingerprint density at radius 2 is 1.71 bits per heavy atom. The zero-order chi connectivity index (χ0) is 15.1. The van der Waals surface area contributed by atoms with E-state index in [-0.39, 0.29) is 5.54 Å². The van der Waals surface area contributed by atoms with Crippen LogP contribution in [0.15, 0.2) is 42.5 Å². The molecule has 0 spiro atoms. The molecule has 1 aliphatic rings. The van der Waals surface area contributed by atoms with E-state index in [2.05, 4.69) is 30.0 Å². The van der Waals surface area contributed by atoms with Crippen molar-refractivity contribution in [3.63, 3.8) is 0 Å². The fourth-order valence-corrected chi connectivity index (χ4v) is 3.07. The number of hydroxylamine groups is 2. The Hall–Kier alpha value is -1.82. The number of benzene rings is 2. The predicted molar refractivity (Wildman–Crippen MR) is 85.1 cm³/mol. The molecule has 1 unspecified atom stereocenters. The topological polar surface area (TPSA) is 23.1 Å². The molecule has 2 nitrogen and oxygen atoms in total. The molecule has 2 aromatic carbocycles. The highest BCUT2D eigenvalue weighted by Crippen LogP contribution is 2.39. The number of fused-ring (bicyclic) bond motifs is 1. The Balaban J connectivity index is 2.01. The number of nitrogens with zero attached hydrogens (tertiary/aromatic N) is 1. The summed E-state index contributed by atoms with van der Waals surface area (Å²) in [6.45, 7) is 5.93. The van der Waals surface area contributed by atoms with Crippen LogP contribution < -0.4 is 0 Å². The van der Waals surface area contributed by atoms with Crippen LogP contribution in [0.25, 0.3) is 10.8 Å². The first-order chi connectivity index (χ1) is 9.92. The third-order valence-electron chi connectivity index (χ3n) is 4.48. The molecule has 1 heterocycles. The molecule has 107 valence electrons. The Morgan fingerprint density at radius 3 is 2.43 bits per heavy atom. The summed E-state index contributed by atoms with van der Waals surface area (Å²) in [5, 5.41) is 16.0. The molecule has 0 aliphatic carbocycles. The van der Waals surface area contributed by atoms with E-state index in [0.717, 1.165) is 23.8 Å². The summed E-state index contributed by atoms with van der Waals surface area (Å²) in [4.78, 5) is 0. The normalized spacial score (nSPS) is 24.8. The van der Waals surface area contributed by atoms with E-state index >= 15 is 0 Å². The minimum atomic E-state index is -0.583. The van der Waals surface area contributed by atoms with Crippen molar-refractivity contribution < 1.29 is 5.21 Å². The van der Waals surface area contributed by atoms with Crippen LogP contribution in [0.1, 0.15) is 39.2 Å². The van der Waals surface area contributed by atoms with Crippen LogP contribution in [0.4, 0.5) is 0 Å². The minimum absolute atomic E-state index is 0.317. The monoisotopic (exact) mass is 278 g/mol. The molecule has 3 rings (SSSR count). The van der Waals surface area contributed by atoms with Crippen molar-refractivity contribution in [1.29, 1.82) is 0 Å². The molecule has 0 bridgehead atoms. The standard InChI is InChI=1S/C19H20NO/c1-18(2)13-14-19(3,20(18)21)12-11-16-9-6-8-15-7-4-5-10-17(15)16/h4-10H,13-14H2,1-3H3. The first-order valence-corrected chi connectivity index (χ1v) is 7.41. The van der Waals surface area contributed by atoms with Gasteiger partial charge in [-0.3, -0.25) is 0 Å². The van der Waals surface area contributed by atoms with Crippen LogP contribution in [0.2, 0.25) is 0 Å². The third kappa shape index (κ3) is 2.44. The first kappa shape index (κ1) is 14.1. The van der Waals surface area contributed by atoms with E-state index in [4.69, 9.17) is 0 Å². The number of rotatable bonds is 0. The second kappa shape index (κ2) is 4.87. The highest BCUT2D eigenvalue weighted by Gasteiger charge is 2.47. The van der Waals surface area contributed by atoms with Gasteiger partial charge in [0.2, 0.25) is 0 Å². The first-order valence-electron chi connectivity index (χ1n) is 7.41. The van der Waals surface area contributed by atoms with Crippen molar-refractivity contribution in [2.45, 2.75) is 44.7 Å². The summed E-state index contributed by atoms with van der Waals surface area (Å²) in [6.07, 6.45) is 1.71.